The Morgan fingerprint density at radius 2 is 2.00 bits per heavy atom. The normalized spacial score (nSPS) is 28.8. The van der Waals surface area contributed by atoms with E-state index in [2.05, 4.69) is 47.5 Å². The highest BCUT2D eigenvalue weighted by Crippen LogP contribution is 2.31. The number of aryl methyl sites for hydroxylation is 1. The lowest BCUT2D eigenvalue weighted by Crippen LogP contribution is -2.53. The van der Waals surface area contributed by atoms with Crippen molar-refractivity contribution in [1.82, 2.24) is 9.88 Å². The molecule has 0 radical (unpaired) electrons. The van der Waals surface area contributed by atoms with E-state index in [1.807, 2.05) is 0 Å². The number of aromatic nitrogens is 1. The van der Waals surface area contributed by atoms with Gasteiger partial charge in [-0.05, 0) is 50.9 Å². The van der Waals surface area contributed by atoms with Crippen molar-refractivity contribution >= 4 is 16.6 Å². The lowest BCUT2D eigenvalue weighted by Gasteiger charge is -2.45. The van der Waals surface area contributed by atoms with Gasteiger partial charge in [0.25, 0.3) is 0 Å². The molecule has 1 unspecified atom stereocenters. The number of fused-ring (bicyclic) bond motifs is 4. The highest BCUT2D eigenvalue weighted by Gasteiger charge is 2.34. The van der Waals surface area contributed by atoms with Crippen LogP contribution in [-0.4, -0.2) is 35.6 Å². The van der Waals surface area contributed by atoms with Gasteiger partial charge in [-0.3, -0.25) is 4.98 Å². The topological polar surface area (TPSA) is 28.2 Å². The van der Waals surface area contributed by atoms with E-state index in [1.165, 1.54) is 43.5 Å². The molecule has 2 aromatic rings. The Kier molecular flexibility index (Phi) is 2.88. The molecule has 1 atom stereocenters. The summed E-state index contributed by atoms with van der Waals surface area (Å²) in [5.74, 6) is 0.833. The lowest BCUT2D eigenvalue weighted by atomic mass is 9.84. The summed E-state index contributed by atoms with van der Waals surface area (Å²) in [5, 5.41) is 5.00. The smallest absolute Gasteiger partial charge is 0.0936 e. The fourth-order valence-electron chi connectivity index (χ4n) is 3.69. The van der Waals surface area contributed by atoms with Crippen LogP contribution in [0.4, 0.5) is 5.69 Å². The Morgan fingerprint density at radius 3 is 2.75 bits per heavy atom. The van der Waals surface area contributed by atoms with Gasteiger partial charge in [-0.25, -0.2) is 0 Å². The Morgan fingerprint density at radius 1 is 1.15 bits per heavy atom. The standard InChI is InChI=1S/C17H21N3/c1-12-5-6-14-3-2-4-15(17(14)18-12)19-16-11-20-9-7-13(16)8-10-20/h2-6,13,16,19H,7-11H2,1H3. The molecule has 20 heavy (non-hydrogen) atoms. The average Bonchev–Trinajstić information content (AvgIpc) is 2.49. The van der Waals surface area contributed by atoms with E-state index in [4.69, 9.17) is 4.98 Å². The second-order valence-electron chi connectivity index (χ2n) is 6.22. The van der Waals surface area contributed by atoms with Gasteiger partial charge in [-0.15, -0.1) is 0 Å². The molecule has 0 spiro atoms. The van der Waals surface area contributed by atoms with Crippen molar-refractivity contribution in [2.75, 3.05) is 25.0 Å². The van der Waals surface area contributed by atoms with Crippen LogP contribution in [0.2, 0.25) is 0 Å². The Hall–Kier alpha value is -1.61. The van der Waals surface area contributed by atoms with Crippen LogP contribution in [0.5, 0.6) is 0 Å². The monoisotopic (exact) mass is 267 g/mol. The molecule has 3 fully saturated rings. The van der Waals surface area contributed by atoms with Crippen molar-refractivity contribution in [2.24, 2.45) is 5.92 Å². The summed E-state index contributed by atoms with van der Waals surface area (Å²) in [7, 11) is 0. The van der Waals surface area contributed by atoms with Crippen LogP contribution in [-0.2, 0) is 0 Å². The number of benzene rings is 1. The van der Waals surface area contributed by atoms with Crippen molar-refractivity contribution < 1.29 is 0 Å². The van der Waals surface area contributed by atoms with Gasteiger partial charge in [0, 0.05) is 23.7 Å². The molecular formula is C17H21N3. The molecule has 3 heteroatoms. The molecule has 0 aliphatic carbocycles. The predicted molar refractivity (Wildman–Crippen MR) is 83.1 cm³/mol. The molecule has 3 aliphatic rings. The molecule has 3 aliphatic heterocycles. The maximum atomic E-state index is 4.73. The number of hydrogen-bond donors (Lipinski definition) is 1. The van der Waals surface area contributed by atoms with Gasteiger partial charge in [0.1, 0.15) is 0 Å². The maximum Gasteiger partial charge on any atom is 0.0936 e. The molecule has 104 valence electrons. The third-order valence-corrected chi connectivity index (χ3v) is 4.86. The summed E-state index contributed by atoms with van der Waals surface area (Å²) in [6, 6.07) is 11.3. The van der Waals surface area contributed by atoms with Gasteiger partial charge in [0.2, 0.25) is 0 Å². The van der Waals surface area contributed by atoms with Crippen molar-refractivity contribution in [3.05, 3.63) is 36.0 Å². The van der Waals surface area contributed by atoms with E-state index in [0.717, 1.165) is 17.1 Å². The number of para-hydroxylation sites is 1. The zero-order valence-corrected chi connectivity index (χ0v) is 12.0. The predicted octanol–water partition coefficient (Wildman–Crippen LogP) is 3.05. The first kappa shape index (κ1) is 12.2. The molecule has 0 saturated carbocycles. The van der Waals surface area contributed by atoms with Gasteiger partial charge in [0.15, 0.2) is 0 Å². The molecule has 5 rings (SSSR count). The maximum absolute atomic E-state index is 4.73. The highest BCUT2D eigenvalue weighted by molar-refractivity contribution is 5.90. The van der Waals surface area contributed by atoms with E-state index >= 15 is 0 Å². The molecule has 3 nitrogen and oxygen atoms in total. The Labute approximate surface area is 120 Å². The van der Waals surface area contributed by atoms with Crippen molar-refractivity contribution in [3.63, 3.8) is 0 Å². The first-order valence-electron chi connectivity index (χ1n) is 7.65. The quantitative estimate of drug-likeness (QED) is 0.906. The van der Waals surface area contributed by atoms with Crippen LogP contribution in [0.3, 0.4) is 0 Å². The van der Waals surface area contributed by atoms with Gasteiger partial charge < -0.3 is 10.2 Å². The number of pyridine rings is 1. The van der Waals surface area contributed by atoms with Crippen LogP contribution in [0.1, 0.15) is 18.5 Å². The van der Waals surface area contributed by atoms with E-state index < -0.39 is 0 Å². The molecule has 1 N–H and O–H groups in total. The third-order valence-electron chi connectivity index (χ3n) is 4.86. The zero-order chi connectivity index (χ0) is 13.5. The Bertz CT molecular complexity index is 629. The first-order valence-corrected chi connectivity index (χ1v) is 7.65. The minimum absolute atomic E-state index is 0.588. The van der Waals surface area contributed by atoms with E-state index in [9.17, 15) is 0 Å². The number of piperidine rings is 3. The van der Waals surface area contributed by atoms with E-state index in [0.29, 0.717) is 6.04 Å². The number of hydrogen-bond acceptors (Lipinski definition) is 3. The lowest BCUT2D eigenvalue weighted by molar-refractivity contribution is 0.0976. The number of rotatable bonds is 2. The summed E-state index contributed by atoms with van der Waals surface area (Å²) < 4.78 is 0. The fourth-order valence-corrected chi connectivity index (χ4v) is 3.69. The summed E-state index contributed by atoms with van der Waals surface area (Å²) in [6.07, 6.45) is 2.68. The van der Waals surface area contributed by atoms with Gasteiger partial charge in [-0.2, -0.15) is 0 Å². The molecular weight excluding hydrogens is 246 g/mol. The minimum Gasteiger partial charge on any atom is -0.379 e. The molecule has 1 aromatic heterocycles. The highest BCUT2D eigenvalue weighted by atomic mass is 15.2. The van der Waals surface area contributed by atoms with Crippen LogP contribution in [0.25, 0.3) is 10.9 Å². The van der Waals surface area contributed by atoms with E-state index in [-0.39, 0.29) is 0 Å². The molecule has 0 amide bonds. The number of anilines is 1. The van der Waals surface area contributed by atoms with Crippen molar-refractivity contribution in [1.29, 1.82) is 0 Å². The summed E-state index contributed by atoms with van der Waals surface area (Å²) in [4.78, 5) is 7.31. The summed E-state index contributed by atoms with van der Waals surface area (Å²) in [5.41, 5.74) is 3.40. The first-order chi connectivity index (χ1) is 9.79. The zero-order valence-electron chi connectivity index (χ0n) is 12.0. The van der Waals surface area contributed by atoms with Gasteiger partial charge >= 0.3 is 0 Å². The average molecular weight is 267 g/mol. The molecule has 2 bridgehead atoms. The van der Waals surface area contributed by atoms with Crippen LogP contribution >= 0.6 is 0 Å². The fraction of sp³-hybridized carbons (Fsp3) is 0.471. The molecule has 4 heterocycles. The second-order valence-corrected chi connectivity index (χ2v) is 6.22. The van der Waals surface area contributed by atoms with Gasteiger partial charge in [0.05, 0.1) is 11.2 Å². The minimum atomic E-state index is 0.588. The summed E-state index contributed by atoms with van der Waals surface area (Å²) in [6.45, 7) is 5.82. The summed E-state index contributed by atoms with van der Waals surface area (Å²) >= 11 is 0. The molecule has 1 aromatic carbocycles. The largest absolute Gasteiger partial charge is 0.379 e. The van der Waals surface area contributed by atoms with Crippen LogP contribution < -0.4 is 5.32 Å². The number of nitrogens with one attached hydrogen (secondary N) is 1. The van der Waals surface area contributed by atoms with Crippen LogP contribution in [0, 0.1) is 12.8 Å². The second kappa shape index (κ2) is 4.74. The van der Waals surface area contributed by atoms with Gasteiger partial charge in [-0.1, -0.05) is 18.2 Å². The third kappa shape index (κ3) is 2.06. The Balaban J connectivity index is 1.67. The SMILES string of the molecule is Cc1ccc2cccc(NC3CN4CCC3CC4)c2n1. The van der Waals surface area contributed by atoms with Crippen molar-refractivity contribution in [3.8, 4) is 0 Å². The molecule has 3 saturated heterocycles. The van der Waals surface area contributed by atoms with Crippen LogP contribution in [0.15, 0.2) is 30.3 Å². The van der Waals surface area contributed by atoms with Crippen molar-refractivity contribution in [2.45, 2.75) is 25.8 Å². The van der Waals surface area contributed by atoms with E-state index in [1.54, 1.807) is 0 Å². The number of nitrogens with zero attached hydrogens (tertiary/aromatic N) is 2.